The van der Waals surface area contributed by atoms with E-state index >= 15 is 0 Å². The topological polar surface area (TPSA) is 8.17 Å². The summed E-state index contributed by atoms with van der Waals surface area (Å²) < 4.78 is 2.38. The van der Waals surface area contributed by atoms with Crippen molar-refractivity contribution in [1.29, 1.82) is 0 Å². The third-order valence-electron chi connectivity index (χ3n) is 12.6. The van der Waals surface area contributed by atoms with Crippen LogP contribution < -0.4 is 4.90 Å². The third-order valence-corrected chi connectivity index (χ3v) is 12.6. The van der Waals surface area contributed by atoms with Crippen molar-refractivity contribution in [3.8, 4) is 39.1 Å². The van der Waals surface area contributed by atoms with E-state index < -0.39 is 0 Å². The molecular formula is C60H40N2. The van der Waals surface area contributed by atoms with Crippen LogP contribution in [-0.4, -0.2) is 4.57 Å². The minimum absolute atomic E-state index is 1.09. The number of anilines is 3. The van der Waals surface area contributed by atoms with Crippen molar-refractivity contribution in [2.75, 3.05) is 4.90 Å². The maximum atomic E-state index is 2.38. The Morgan fingerprint density at radius 1 is 0.258 bits per heavy atom. The number of fused-ring (bicyclic) bond motifs is 7. The van der Waals surface area contributed by atoms with Gasteiger partial charge in [0.2, 0.25) is 0 Å². The number of hydrogen-bond donors (Lipinski definition) is 0. The molecule has 0 atom stereocenters. The van der Waals surface area contributed by atoms with Crippen LogP contribution in [0.2, 0.25) is 0 Å². The van der Waals surface area contributed by atoms with Crippen molar-refractivity contribution in [2.45, 2.75) is 0 Å². The zero-order valence-corrected chi connectivity index (χ0v) is 34.0. The Balaban J connectivity index is 0.960. The summed E-state index contributed by atoms with van der Waals surface area (Å²) >= 11 is 0. The largest absolute Gasteiger partial charge is 0.310 e. The Kier molecular flexibility index (Phi) is 8.53. The van der Waals surface area contributed by atoms with E-state index in [4.69, 9.17) is 0 Å². The quantitative estimate of drug-likeness (QED) is 0.146. The normalized spacial score (nSPS) is 11.5. The van der Waals surface area contributed by atoms with Gasteiger partial charge in [-0.2, -0.15) is 0 Å². The molecule has 0 bridgehead atoms. The fourth-order valence-electron chi connectivity index (χ4n) is 9.63. The molecule has 0 N–H and O–H groups in total. The first kappa shape index (κ1) is 35.7. The van der Waals surface area contributed by atoms with Gasteiger partial charge in [0, 0.05) is 33.5 Å². The van der Waals surface area contributed by atoms with Crippen molar-refractivity contribution in [3.05, 3.63) is 243 Å². The molecule has 0 saturated carbocycles. The lowest BCUT2D eigenvalue weighted by Crippen LogP contribution is -2.10. The molecule has 0 radical (unpaired) electrons. The molecule has 12 aromatic rings. The second-order valence-corrected chi connectivity index (χ2v) is 16.1. The van der Waals surface area contributed by atoms with Gasteiger partial charge in [-0.05, 0) is 132 Å². The van der Waals surface area contributed by atoms with Crippen LogP contribution in [0.5, 0.6) is 0 Å². The number of rotatable bonds is 7. The average Bonchev–Trinajstić information content (AvgIpc) is 3.69. The molecule has 290 valence electrons. The predicted molar refractivity (Wildman–Crippen MR) is 264 cm³/mol. The molecule has 0 aliphatic rings. The van der Waals surface area contributed by atoms with Crippen molar-refractivity contribution in [3.63, 3.8) is 0 Å². The predicted octanol–water partition coefficient (Wildman–Crippen LogP) is 16.7. The summed E-state index contributed by atoms with van der Waals surface area (Å²) in [5.41, 5.74) is 14.0. The van der Waals surface area contributed by atoms with Gasteiger partial charge < -0.3 is 9.47 Å². The number of aromatic nitrogens is 1. The summed E-state index contributed by atoms with van der Waals surface area (Å²) in [5.74, 6) is 0. The second-order valence-electron chi connectivity index (χ2n) is 16.1. The molecule has 2 nitrogen and oxygen atoms in total. The Morgan fingerprint density at radius 2 is 0.758 bits per heavy atom. The molecule has 11 aromatic carbocycles. The highest BCUT2D eigenvalue weighted by molar-refractivity contribution is 6.14. The smallest absolute Gasteiger partial charge is 0.0541 e. The van der Waals surface area contributed by atoms with E-state index in [1.807, 2.05) is 0 Å². The number of hydrogen-bond acceptors (Lipinski definition) is 1. The van der Waals surface area contributed by atoms with Crippen molar-refractivity contribution < 1.29 is 0 Å². The Bertz CT molecular complexity index is 3560. The summed E-state index contributed by atoms with van der Waals surface area (Å²) in [6.45, 7) is 0. The molecule has 12 rings (SSSR count). The van der Waals surface area contributed by atoms with E-state index in [-0.39, 0.29) is 0 Å². The van der Waals surface area contributed by atoms with Crippen LogP contribution in [0.1, 0.15) is 0 Å². The highest BCUT2D eigenvalue weighted by Crippen LogP contribution is 2.41. The first-order chi connectivity index (χ1) is 30.7. The van der Waals surface area contributed by atoms with Gasteiger partial charge in [-0.15, -0.1) is 0 Å². The van der Waals surface area contributed by atoms with Gasteiger partial charge in [0.25, 0.3) is 0 Å². The van der Waals surface area contributed by atoms with E-state index in [0.29, 0.717) is 0 Å². The maximum Gasteiger partial charge on any atom is 0.0541 e. The van der Waals surface area contributed by atoms with E-state index in [0.717, 1.165) is 22.7 Å². The lowest BCUT2D eigenvalue weighted by molar-refractivity contribution is 1.17. The van der Waals surface area contributed by atoms with Gasteiger partial charge in [-0.25, -0.2) is 0 Å². The Labute approximate surface area is 360 Å². The van der Waals surface area contributed by atoms with Gasteiger partial charge in [-0.3, -0.25) is 0 Å². The van der Waals surface area contributed by atoms with E-state index in [1.165, 1.54) is 87.5 Å². The summed E-state index contributed by atoms with van der Waals surface area (Å²) in [7, 11) is 0. The molecular weight excluding hydrogens is 749 g/mol. The number of para-hydroxylation sites is 2. The molecule has 2 heteroatoms. The average molecular weight is 789 g/mol. The summed E-state index contributed by atoms with van der Waals surface area (Å²) in [5, 5.41) is 10.1. The molecule has 0 aliphatic heterocycles. The lowest BCUT2D eigenvalue weighted by Gasteiger charge is -2.27. The van der Waals surface area contributed by atoms with Gasteiger partial charge in [0.15, 0.2) is 0 Å². The van der Waals surface area contributed by atoms with Crippen LogP contribution in [0.25, 0.3) is 93.2 Å². The highest BCUT2D eigenvalue weighted by Gasteiger charge is 2.17. The van der Waals surface area contributed by atoms with E-state index in [2.05, 4.69) is 252 Å². The van der Waals surface area contributed by atoms with Crippen LogP contribution in [0.15, 0.2) is 243 Å². The van der Waals surface area contributed by atoms with Gasteiger partial charge >= 0.3 is 0 Å². The van der Waals surface area contributed by atoms with Gasteiger partial charge in [-0.1, -0.05) is 176 Å². The molecule has 62 heavy (non-hydrogen) atoms. The minimum Gasteiger partial charge on any atom is -0.310 e. The fourth-order valence-corrected chi connectivity index (χ4v) is 9.63. The summed E-state index contributed by atoms with van der Waals surface area (Å²) in [6.07, 6.45) is 0. The van der Waals surface area contributed by atoms with E-state index in [9.17, 15) is 0 Å². The Morgan fingerprint density at radius 3 is 1.45 bits per heavy atom. The molecule has 0 spiro atoms. The maximum absolute atomic E-state index is 2.38. The zero-order chi connectivity index (χ0) is 41.0. The molecule has 0 saturated heterocycles. The van der Waals surface area contributed by atoms with Crippen LogP contribution in [-0.2, 0) is 0 Å². The van der Waals surface area contributed by atoms with Crippen LogP contribution >= 0.6 is 0 Å². The van der Waals surface area contributed by atoms with Gasteiger partial charge in [0.1, 0.15) is 0 Å². The van der Waals surface area contributed by atoms with Crippen LogP contribution in [0.4, 0.5) is 17.1 Å². The number of nitrogens with zero attached hydrogens (tertiary/aromatic N) is 2. The molecule has 0 unspecified atom stereocenters. The first-order valence-electron chi connectivity index (χ1n) is 21.3. The molecule has 0 amide bonds. The second kappa shape index (κ2) is 14.8. The Hall–Kier alpha value is -8.20. The standard InChI is InChI=1S/C60H40N2/c1-3-18-51-43(13-1)15-12-24-52(51)44-29-27-41(28-30-44)42-31-33-47(34-32-42)61(48-35-37-49(38-36-48)62-59-25-9-7-22-56(59)57-23-8-10-26-60(57)62)50-17-11-16-45(39-50)58-40-46-14-2-4-19-53(46)54-20-5-6-21-55(54)58/h1-40H. The monoisotopic (exact) mass is 788 g/mol. The van der Waals surface area contributed by atoms with Crippen LogP contribution in [0.3, 0.4) is 0 Å². The first-order valence-corrected chi connectivity index (χ1v) is 21.3. The highest BCUT2D eigenvalue weighted by atomic mass is 15.1. The van der Waals surface area contributed by atoms with Crippen molar-refractivity contribution in [1.82, 2.24) is 4.57 Å². The fraction of sp³-hybridized carbons (Fsp3) is 0. The van der Waals surface area contributed by atoms with E-state index in [1.54, 1.807) is 0 Å². The molecule has 0 aliphatic carbocycles. The molecule has 1 aromatic heterocycles. The summed E-state index contributed by atoms with van der Waals surface area (Å²) in [4.78, 5) is 2.38. The lowest BCUT2D eigenvalue weighted by atomic mass is 9.93. The van der Waals surface area contributed by atoms with Crippen LogP contribution in [0, 0.1) is 0 Å². The van der Waals surface area contributed by atoms with Crippen molar-refractivity contribution >= 4 is 71.2 Å². The van der Waals surface area contributed by atoms with Gasteiger partial charge in [0.05, 0.1) is 11.0 Å². The third kappa shape index (κ3) is 6.04. The molecule has 0 fully saturated rings. The summed E-state index contributed by atoms with van der Waals surface area (Å²) in [6, 6.07) is 88.4. The van der Waals surface area contributed by atoms with Crippen molar-refractivity contribution in [2.24, 2.45) is 0 Å². The minimum atomic E-state index is 1.09. The molecule has 1 heterocycles. The zero-order valence-electron chi connectivity index (χ0n) is 34.0. The SMILES string of the molecule is c1cc(-c2cc3ccccc3c3ccccc23)cc(N(c2ccc(-c3ccc(-c4cccc5ccccc45)cc3)cc2)c2ccc(-n3c4ccccc4c4ccccc43)cc2)c1. The number of benzene rings is 11.